The molecule has 5 nitrogen and oxygen atoms in total. The van der Waals surface area contributed by atoms with Crippen LogP contribution in [0.1, 0.15) is 5.56 Å². The summed E-state index contributed by atoms with van der Waals surface area (Å²) in [7, 11) is 0. The molecule has 0 saturated heterocycles. The van der Waals surface area contributed by atoms with Crippen molar-refractivity contribution in [3.63, 3.8) is 0 Å². The Kier molecular flexibility index (Phi) is 4.98. The molecule has 0 unspecified atom stereocenters. The number of aromatic nitrogens is 1. The number of phenols is 1. The second-order valence-corrected chi connectivity index (χ2v) is 7.45. The summed E-state index contributed by atoms with van der Waals surface area (Å²) in [5, 5.41) is 19.7. The number of aliphatic carboxylic acids is 1. The van der Waals surface area contributed by atoms with E-state index in [0.717, 1.165) is 11.8 Å². The molecule has 0 atom stereocenters. The molecule has 1 heterocycles. The summed E-state index contributed by atoms with van der Waals surface area (Å²) in [4.78, 5) is 15.8. The molecule has 3 rings (SSSR count). The molecule has 0 saturated carbocycles. The Bertz CT molecular complexity index is 935. The van der Waals surface area contributed by atoms with Crippen LogP contribution in [0.5, 0.6) is 5.75 Å². The third-order valence-corrected chi connectivity index (χ3v) is 4.95. The lowest BCUT2D eigenvalue weighted by Gasteiger charge is -2.05. The molecular weight excluding hydrogens is 462 g/mol. The normalized spacial score (nSPS) is 11.8. The minimum absolute atomic E-state index is 0.0261. The van der Waals surface area contributed by atoms with E-state index in [4.69, 9.17) is 4.42 Å². The van der Waals surface area contributed by atoms with Gasteiger partial charge in [-0.1, -0.05) is 28.1 Å². The first-order valence-corrected chi connectivity index (χ1v) is 9.00. The quantitative estimate of drug-likeness (QED) is 0.398. The maximum atomic E-state index is 11.5. The average Bonchev–Trinajstić information content (AvgIpc) is 2.93. The van der Waals surface area contributed by atoms with E-state index in [1.54, 1.807) is 24.3 Å². The Morgan fingerprint density at radius 3 is 2.71 bits per heavy atom. The van der Waals surface area contributed by atoms with Gasteiger partial charge in [0.1, 0.15) is 16.2 Å². The second-order valence-electron chi connectivity index (χ2n) is 4.69. The van der Waals surface area contributed by atoms with Gasteiger partial charge in [-0.3, -0.25) is 0 Å². The zero-order valence-electron chi connectivity index (χ0n) is 11.9. The van der Waals surface area contributed by atoms with Crippen molar-refractivity contribution in [2.45, 2.75) is 5.22 Å². The highest BCUT2D eigenvalue weighted by atomic mass is 79.9. The lowest BCUT2D eigenvalue weighted by molar-refractivity contribution is -0.131. The minimum Gasteiger partial charge on any atom is -0.506 e. The van der Waals surface area contributed by atoms with E-state index in [9.17, 15) is 15.0 Å². The van der Waals surface area contributed by atoms with Crippen LogP contribution in [0.15, 0.2) is 59.9 Å². The van der Waals surface area contributed by atoms with Gasteiger partial charge < -0.3 is 14.6 Å². The van der Waals surface area contributed by atoms with Gasteiger partial charge in [0.25, 0.3) is 5.22 Å². The van der Waals surface area contributed by atoms with E-state index < -0.39 is 5.97 Å². The zero-order valence-corrected chi connectivity index (χ0v) is 15.9. The van der Waals surface area contributed by atoms with E-state index >= 15 is 0 Å². The molecule has 1 aromatic heterocycles. The minimum atomic E-state index is -1.14. The number of para-hydroxylation sites is 2. The van der Waals surface area contributed by atoms with Crippen molar-refractivity contribution in [1.82, 2.24) is 4.98 Å². The number of nitrogens with zero attached hydrogens (tertiary/aromatic N) is 1. The molecule has 3 aromatic rings. The van der Waals surface area contributed by atoms with E-state index in [0.29, 0.717) is 25.6 Å². The van der Waals surface area contributed by atoms with Gasteiger partial charge in [0.05, 0.1) is 4.47 Å². The third-order valence-electron chi connectivity index (χ3n) is 3.03. The van der Waals surface area contributed by atoms with Gasteiger partial charge in [0.2, 0.25) is 0 Å². The lowest BCUT2D eigenvalue weighted by atomic mass is 10.2. The van der Waals surface area contributed by atoms with Crippen molar-refractivity contribution in [2.24, 2.45) is 0 Å². The molecule has 0 aliphatic rings. The van der Waals surface area contributed by atoms with Gasteiger partial charge >= 0.3 is 5.97 Å². The molecular formula is C16H9Br2NO4S. The molecule has 8 heteroatoms. The summed E-state index contributed by atoms with van der Waals surface area (Å²) in [6.45, 7) is 0. The van der Waals surface area contributed by atoms with E-state index in [1.165, 1.54) is 6.08 Å². The highest BCUT2D eigenvalue weighted by Gasteiger charge is 2.16. The fourth-order valence-electron chi connectivity index (χ4n) is 1.96. The first-order valence-electron chi connectivity index (χ1n) is 6.60. The maximum Gasteiger partial charge on any atom is 0.342 e. The number of hydrogen-bond acceptors (Lipinski definition) is 5. The lowest BCUT2D eigenvalue weighted by Crippen LogP contribution is -1.97. The van der Waals surface area contributed by atoms with Gasteiger partial charge in [-0.2, -0.15) is 0 Å². The van der Waals surface area contributed by atoms with Crippen LogP contribution in [0.2, 0.25) is 0 Å². The van der Waals surface area contributed by atoms with Crippen molar-refractivity contribution in [3.05, 3.63) is 55.8 Å². The second kappa shape index (κ2) is 7.00. The fraction of sp³-hybridized carbons (Fsp3) is 0. The summed E-state index contributed by atoms with van der Waals surface area (Å²) in [6.07, 6.45) is 1.37. The van der Waals surface area contributed by atoms with Gasteiger partial charge in [-0.15, -0.1) is 0 Å². The van der Waals surface area contributed by atoms with Gasteiger partial charge in [0.15, 0.2) is 5.58 Å². The maximum absolute atomic E-state index is 11.5. The Balaban J connectivity index is 1.99. The summed E-state index contributed by atoms with van der Waals surface area (Å²) in [5.74, 6) is -1.19. The molecule has 24 heavy (non-hydrogen) atoms. The smallest absolute Gasteiger partial charge is 0.342 e. The average molecular weight is 471 g/mol. The summed E-state index contributed by atoms with van der Waals surface area (Å²) in [5.41, 5.74) is 1.59. The highest BCUT2D eigenvalue weighted by Crippen LogP contribution is 2.36. The fourth-order valence-corrected chi connectivity index (χ4v) is 3.96. The van der Waals surface area contributed by atoms with E-state index in [1.807, 2.05) is 12.1 Å². The predicted molar refractivity (Wildman–Crippen MR) is 99.0 cm³/mol. The molecule has 0 amide bonds. The van der Waals surface area contributed by atoms with Crippen molar-refractivity contribution in [3.8, 4) is 5.75 Å². The Morgan fingerprint density at radius 1 is 1.25 bits per heavy atom. The zero-order chi connectivity index (χ0) is 17.3. The van der Waals surface area contributed by atoms with Crippen molar-refractivity contribution >= 4 is 66.8 Å². The molecule has 0 aliphatic carbocycles. The van der Waals surface area contributed by atoms with Crippen LogP contribution in [0.25, 0.3) is 17.2 Å². The van der Waals surface area contributed by atoms with Crippen molar-refractivity contribution < 1.29 is 19.4 Å². The number of benzene rings is 2. The first-order chi connectivity index (χ1) is 11.4. The standard InChI is InChI=1S/C16H9Br2NO4S/c17-9-5-8(14(20)10(18)7-9)6-13(15(21)22)24-16-19-11-3-1-2-4-12(11)23-16/h1-7,20H,(H,21,22)/b13-6-. The number of aromatic hydroxyl groups is 1. The molecule has 0 spiro atoms. The Labute approximate surface area is 157 Å². The van der Waals surface area contributed by atoms with Crippen LogP contribution in [-0.4, -0.2) is 21.2 Å². The number of phenolic OH excluding ortho intramolecular Hbond substituents is 1. The predicted octanol–water partition coefficient (Wildman–Crippen LogP) is 5.28. The van der Waals surface area contributed by atoms with Crippen molar-refractivity contribution in [1.29, 1.82) is 0 Å². The number of oxazole rings is 1. The summed E-state index contributed by atoms with van der Waals surface area (Å²) in [6, 6.07) is 10.5. The molecule has 2 N–H and O–H groups in total. The summed E-state index contributed by atoms with van der Waals surface area (Å²) < 4.78 is 6.69. The van der Waals surface area contributed by atoms with E-state index in [-0.39, 0.29) is 15.9 Å². The molecule has 0 fully saturated rings. The highest BCUT2D eigenvalue weighted by molar-refractivity contribution is 9.11. The van der Waals surface area contributed by atoms with Crippen LogP contribution in [0.3, 0.4) is 0 Å². The van der Waals surface area contributed by atoms with Crippen LogP contribution in [0.4, 0.5) is 0 Å². The van der Waals surface area contributed by atoms with Crippen molar-refractivity contribution in [2.75, 3.05) is 0 Å². The van der Waals surface area contributed by atoms with Gasteiger partial charge in [-0.05, 0) is 58.0 Å². The Hall–Kier alpha value is -1.77. The SMILES string of the molecule is O=C(O)/C(=C/c1cc(Br)cc(Br)c1O)Sc1nc2ccccc2o1. The first kappa shape index (κ1) is 17.1. The van der Waals surface area contributed by atoms with E-state index in [2.05, 4.69) is 36.8 Å². The molecule has 122 valence electrons. The van der Waals surface area contributed by atoms with Crippen LogP contribution in [0, 0.1) is 0 Å². The number of fused-ring (bicyclic) bond motifs is 1. The largest absolute Gasteiger partial charge is 0.506 e. The molecule has 2 aromatic carbocycles. The third kappa shape index (κ3) is 3.66. The van der Waals surface area contributed by atoms with Crippen LogP contribution >= 0.6 is 43.6 Å². The monoisotopic (exact) mass is 469 g/mol. The number of carbonyl (C=O) groups is 1. The Morgan fingerprint density at radius 2 is 2.00 bits per heavy atom. The van der Waals surface area contributed by atoms with Crippen LogP contribution < -0.4 is 0 Å². The molecule has 0 radical (unpaired) electrons. The number of thioether (sulfide) groups is 1. The number of rotatable bonds is 4. The van der Waals surface area contributed by atoms with Crippen LogP contribution in [-0.2, 0) is 4.79 Å². The topological polar surface area (TPSA) is 83.6 Å². The summed E-state index contributed by atoms with van der Waals surface area (Å²) >= 11 is 7.41. The molecule has 0 aliphatic heterocycles. The van der Waals surface area contributed by atoms with Gasteiger partial charge in [-0.25, -0.2) is 9.78 Å². The number of carboxylic acid groups (broad SMARTS) is 1. The number of hydrogen-bond donors (Lipinski definition) is 2. The van der Waals surface area contributed by atoms with Gasteiger partial charge in [0, 0.05) is 10.0 Å². The molecule has 0 bridgehead atoms. The number of halogens is 2. The number of carboxylic acids is 1.